The topological polar surface area (TPSA) is 51.1 Å². The van der Waals surface area contributed by atoms with E-state index in [-0.39, 0.29) is 17.9 Å². The third kappa shape index (κ3) is 5.54. The Hall–Kier alpha value is -3.39. The van der Waals surface area contributed by atoms with Crippen LogP contribution in [0.2, 0.25) is 0 Å². The molecule has 1 aromatic heterocycles. The summed E-state index contributed by atoms with van der Waals surface area (Å²) in [7, 11) is -1.02. The number of aryl methyl sites for hydroxylation is 1. The lowest BCUT2D eigenvalue weighted by molar-refractivity contribution is -0.138. The number of carbonyl (C=O) groups excluding carboxylic acids is 1. The Morgan fingerprint density at radius 2 is 1.69 bits per heavy atom. The predicted octanol–water partition coefficient (Wildman–Crippen LogP) is 6.33. The number of benzene rings is 3. The fourth-order valence-electron chi connectivity index (χ4n) is 4.35. The highest BCUT2D eigenvalue weighted by Gasteiger charge is 2.33. The Balaban J connectivity index is 1.54. The van der Waals surface area contributed by atoms with Crippen molar-refractivity contribution in [3.63, 3.8) is 0 Å². The molecule has 0 saturated carbocycles. The molecule has 1 amide bonds. The molecule has 1 heterocycles. The molecule has 4 rings (SSSR count). The molecule has 1 atom stereocenters. The largest absolute Gasteiger partial charge is 0.416 e. The van der Waals surface area contributed by atoms with Crippen molar-refractivity contribution in [3.8, 4) is 0 Å². The minimum Gasteiger partial charge on any atom is -0.348 e. The van der Waals surface area contributed by atoms with Crippen LogP contribution in [-0.2, 0) is 36.5 Å². The molecule has 0 aliphatic heterocycles. The first kappa shape index (κ1) is 25.7. The third-order valence-corrected chi connectivity index (χ3v) is 7.48. The van der Waals surface area contributed by atoms with Crippen LogP contribution in [0.25, 0.3) is 10.9 Å². The summed E-state index contributed by atoms with van der Waals surface area (Å²) in [6.45, 7) is 4.73. The van der Waals surface area contributed by atoms with E-state index in [1.54, 1.807) is 30.3 Å². The van der Waals surface area contributed by atoms with Gasteiger partial charge in [0.1, 0.15) is 0 Å². The molecule has 1 N–H and O–H groups in total. The van der Waals surface area contributed by atoms with Gasteiger partial charge in [0.15, 0.2) is 0 Å². The molecule has 0 aliphatic carbocycles. The minimum atomic E-state index is -4.42. The summed E-state index contributed by atoms with van der Waals surface area (Å²) < 4.78 is 54.3. The van der Waals surface area contributed by atoms with E-state index in [4.69, 9.17) is 0 Å². The fraction of sp³-hybridized carbons (Fsp3) is 0.250. The Morgan fingerprint density at radius 3 is 2.36 bits per heavy atom. The summed E-state index contributed by atoms with van der Waals surface area (Å²) in [6.07, 6.45) is -4.28. The number of nitrogens with zero attached hydrogens (tertiary/aromatic N) is 1. The average molecular weight is 513 g/mol. The van der Waals surface area contributed by atoms with Crippen molar-refractivity contribution in [2.45, 2.75) is 44.4 Å². The maximum atomic E-state index is 13.5. The van der Waals surface area contributed by atoms with Crippen molar-refractivity contribution < 1.29 is 22.2 Å². The van der Waals surface area contributed by atoms with Gasteiger partial charge in [-0.15, -0.1) is 0 Å². The summed E-state index contributed by atoms with van der Waals surface area (Å²) in [6, 6.07) is 20.1. The number of nitrogens with one attached hydrogen (secondary N) is 1. The van der Waals surface area contributed by atoms with E-state index in [0.717, 1.165) is 33.1 Å². The first-order chi connectivity index (χ1) is 17.2. The highest BCUT2D eigenvalue weighted by molar-refractivity contribution is 7.85. The number of alkyl halides is 3. The second-order valence-electron chi connectivity index (χ2n) is 8.45. The van der Waals surface area contributed by atoms with Crippen LogP contribution in [0.1, 0.15) is 46.6 Å². The van der Waals surface area contributed by atoms with Crippen LogP contribution >= 0.6 is 0 Å². The smallest absolute Gasteiger partial charge is 0.348 e. The zero-order valence-electron chi connectivity index (χ0n) is 20.1. The van der Waals surface area contributed by atoms with Crippen molar-refractivity contribution >= 4 is 27.6 Å². The van der Waals surface area contributed by atoms with E-state index in [1.807, 2.05) is 42.7 Å². The second kappa shape index (κ2) is 10.7. The first-order valence-corrected chi connectivity index (χ1v) is 13.1. The van der Waals surface area contributed by atoms with Crippen LogP contribution in [0.3, 0.4) is 0 Å². The molecular formula is C28H27F3N2O2S. The second-order valence-corrected chi connectivity index (χ2v) is 10.2. The Kier molecular flexibility index (Phi) is 7.64. The molecule has 188 valence electrons. The number of hydrogen-bond donors (Lipinski definition) is 1. The van der Waals surface area contributed by atoms with Gasteiger partial charge in [-0.1, -0.05) is 37.3 Å². The maximum Gasteiger partial charge on any atom is 0.416 e. The van der Waals surface area contributed by atoms with Crippen LogP contribution in [0, 0.1) is 0 Å². The zero-order chi connectivity index (χ0) is 25.9. The van der Waals surface area contributed by atoms with E-state index in [9.17, 15) is 22.2 Å². The van der Waals surface area contributed by atoms with Gasteiger partial charge in [-0.05, 0) is 60.5 Å². The number of hydrogen-bond acceptors (Lipinski definition) is 2. The van der Waals surface area contributed by atoms with Crippen LogP contribution in [-0.4, -0.2) is 20.4 Å². The molecule has 1 unspecified atom stereocenters. The standard InChI is InChI=1S/C28H27F3N2O2S/c1-3-33-23(16-20-7-5-6-8-25(20)28(29,30)31)17-22-15-21(11-14-26(22)33)27(34)32-18-19-9-12-24(13-10-19)36(35)4-2/h5-15,17H,3-4,16,18H2,1-2H3,(H,32,34). The minimum absolute atomic E-state index is 0.137. The molecule has 0 bridgehead atoms. The average Bonchev–Trinajstić information content (AvgIpc) is 3.22. The van der Waals surface area contributed by atoms with Gasteiger partial charge in [-0.2, -0.15) is 13.2 Å². The number of rotatable bonds is 8. The number of aromatic nitrogens is 1. The lowest BCUT2D eigenvalue weighted by atomic mass is 10.0. The molecule has 0 fully saturated rings. The van der Waals surface area contributed by atoms with E-state index >= 15 is 0 Å². The predicted molar refractivity (Wildman–Crippen MR) is 136 cm³/mol. The zero-order valence-corrected chi connectivity index (χ0v) is 20.9. The highest BCUT2D eigenvalue weighted by Crippen LogP contribution is 2.33. The summed E-state index contributed by atoms with van der Waals surface area (Å²) in [5.41, 5.74) is 2.58. The van der Waals surface area contributed by atoms with Crippen molar-refractivity contribution in [3.05, 3.63) is 101 Å². The molecule has 0 saturated heterocycles. The number of fused-ring (bicyclic) bond motifs is 1. The van der Waals surface area contributed by atoms with Gasteiger partial charge in [0.25, 0.3) is 5.91 Å². The monoisotopic (exact) mass is 512 g/mol. The first-order valence-electron chi connectivity index (χ1n) is 11.7. The van der Waals surface area contributed by atoms with E-state index in [1.165, 1.54) is 12.1 Å². The van der Waals surface area contributed by atoms with Gasteiger partial charge >= 0.3 is 6.18 Å². The van der Waals surface area contributed by atoms with Crippen molar-refractivity contribution in [2.75, 3.05) is 5.75 Å². The number of carbonyl (C=O) groups is 1. The van der Waals surface area contributed by atoms with E-state index in [0.29, 0.717) is 24.4 Å². The van der Waals surface area contributed by atoms with Gasteiger partial charge in [0, 0.05) is 52.3 Å². The van der Waals surface area contributed by atoms with Gasteiger partial charge in [0.2, 0.25) is 0 Å². The Bertz CT molecular complexity index is 1410. The Labute approximate surface area is 210 Å². The fourth-order valence-corrected chi connectivity index (χ4v) is 5.12. The molecule has 4 aromatic rings. The normalized spacial score (nSPS) is 12.6. The molecule has 0 radical (unpaired) electrons. The van der Waals surface area contributed by atoms with Crippen molar-refractivity contribution in [1.29, 1.82) is 0 Å². The van der Waals surface area contributed by atoms with Crippen LogP contribution < -0.4 is 5.32 Å². The van der Waals surface area contributed by atoms with E-state index < -0.39 is 22.5 Å². The van der Waals surface area contributed by atoms with Gasteiger partial charge in [-0.25, -0.2) is 0 Å². The highest BCUT2D eigenvalue weighted by atomic mass is 32.2. The summed E-state index contributed by atoms with van der Waals surface area (Å²) in [5, 5.41) is 3.70. The molecule has 36 heavy (non-hydrogen) atoms. The van der Waals surface area contributed by atoms with Crippen LogP contribution in [0.15, 0.2) is 77.7 Å². The third-order valence-electron chi connectivity index (χ3n) is 6.16. The molecule has 3 aromatic carbocycles. The summed E-state index contributed by atoms with van der Waals surface area (Å²) >= 11 is 0. The molecule has 0 aliphatic rings. The Morgan fingerprint density at radius 1 is 0.972 bits per heavy atom. The van der Waals surface area contributed by atoms with Gasteiger partial charge in [-0.3, -0.25) is 9.00 Å². The molecular weight excluding hydrogens is 485 g/mol. The summed E-state index contributed by atoms with van der Waals surface area (Å²) in [4.78, 5) is 13.6. The van der Waals surface area contributed by atoms with Gasteiger partial charge in [0.05, 0.1) is 16.4 Å². The van der Waals surface area contributed by atoms with E-state index in [2.05, 4.69) is 5.32 Å². The maximum absolute atomic E-state index is 13.5. The molecule has 4 nitrogen and oxygen atoms in total. The summed E-state index contributed by atoms with van der Waals surface area (Å²) in [5.74, 6) is 0.306. The van der Waals surface area contributed by atoms with Crippen LogP contribution in [0.4, 0.5) is 13.2 Å². The molecule has 8 heteroatoms. The van der Waals surface area contributed by atoms with Crippen molar-refractivity contribution in [2.24, 2.45) is 0 Å². The van der Waals surface area contributed by atoms with Crippen LogP contribution in [0.5, 0.6) is 0 Å². The molecule has 0 spiro atoms. The lowest BCUT2D eigenvalue weighted by Crippen LogP contribution is -2.22. The van der Waals surface area contributed by atoms with Gasteiger partial charge < -0.3 is 9.88 Å². The number of amides is 1. The lowest BCUT2D eigenvalue weighted by Gasteiger charge is -2.14. The quantitative estimate of drug-likeness (QED) is 0.300. The number of halogens is 3. The van der Waals surface area contributed by atoms with Crippen molar-refractivity contribution in [1.82, 2.24) is 9.88 Å². The SMILES string of the molecule is CCn1c(Cc2ccccc2C(F)(F)F)cc2cc(C(=O)NCc3ccc(S(=O)CC)cc3)ccc21.